The number of halogens is 4. The predicted molar refractivity (Wildman–Crippen MR) is 112 cm³/mol. The first-order valence-corrected chi connectivity index (χ1v) is 9.57. The van der Waals surface area contributed by atoms with Gasteiger partial charge in [-0.25, -0.2) is 4.79 Å². The predicted octanol–water partition coefficient (Wildman–Crippen LogP) is 5.39. The molecule has 3 rings (SSSR count). The van der Waals surface area contributed by atoms with Crippen LogP contribution < -0.4 is 5.32 Å². The number of rotatable bonds is 6. The molecule has 0 heterocycles. The first kappa shape index (κ1) is 23.0. The van der Waals surface area contributed by atoms with E-state index in [9.17, 15) is 27.6 Å². The van der Waals surface area contributed by atoms with Crippen molar-refractivity contribution in [1.29, 1.82) is 0 Å². The molecule has 1 amide bonds. The van der Waals surface area contributed by atoms with Gasteiger partial charge in [0.2, 0.25) is 0 Å². The summed E-state index contributed by atoms with van der Waals surface area (Å²) in [5, 5.41) is 2.06. The minimum atomic E-state index is -4.62. The average molecular weight is 462 g/mol. The molecule has 0 aliphatic carbocycles. The zero-order valence-electron chi connectivity index (χ0n) is 16.3. The average Bonchev–Trinajstić information content (AvgIpc) is 2.78. The zero-order valence-corrected chi connectivity index (χ0v) is 17.0. The van der Waals surface area contributed by atoms with E-state index in [4.69, 9.17) is 16.3 Å². The summed E-state index contributed by atoms with van der Waals surface area (Å²) >= 11 is 5.84. The topological polar surface area (TPSA) is 72.5 Å². The molecular weight excluding hydrogens is 447 g/mol. The summed E-state index contributed by atoms with van der Waals surface area (Å²) in [6.45, 7) is -0.792. The number of amides is 1. The van der Waals surface area contributed by atoms with Crippen molar-refractivity contribution < 1.29 is 32.3 Å². The van der Waals surface area contributed by atoms with Gasteiger partial charge in [0.1, 0.15) is 0 Å². The smallest absolute Gasteiger partial charge is 0.416 e. The van der Waals surface area contributed by atoms with Crippen LogP contribution in [0.3, 0.4) is 0 Å². The van der Waals surface area contributed by atoms with E-state index >= 15 is 0 Å². The molecule has 0 saturated carbocycles. The van der Waals surface area contributed by atoms with Crippen LogP contribution in [0.25, 0.3) is 0 Å². The fourth-order valence-corrected chi connectivity index (χ4v) is 2.96. The van der Waals surface area contributed by atoms with Crippen LogP contribution in [0.15, 0.2) is 72.8 Å². The maximum atomic E-state index is 12.9. The SMILES string of the molecule is O=C(COC(=O)c1ccccc1C(=O)c1ccccc1)Nc1cc(C(F)(F)F)ccc1Cl. The molecule has 3 aromatic rings. The molecule has 0 atom stereocenters. The number of ketones is 1. The standard InChI is InChI=1S/C23H15ClF3NO4/c24-18-11-10-15(23(25,26)27)12-19(18)28-20(29)13-32-22(31)17-9-5-4-8-16(17)21(30)14-6-2-1-3-7-14/h1-12H,13H2,(H,28,29). The Morgan fingerprint density at radius 1 is 0.875 bits per heavy atom. The van der Waals surface area contributed by atoms with Crippen LogP contribution in [0.4, 0.5) is 18.9 Å². The Morgan fingerprint density at radius 3 is 2.16 bits per heavy atom. The van der Waals surface area contributed by atoms with Crippen LogP contribution in [-0.2, 0) is 15.7 Å². The summed E-state index contributed by atoms with van der Waals surface area (Å²) in [6, 6.07) is 16.7. The molecule has 0 saturated heterocycles. The molecule has 0 aromatic heterocycles. The minimum absolute atomic E-state index is 0.0498. The van der Waals surface area contributed by atoms with Gasteiger partial charge in [-0.3, -0.25) is 9.59 Å². The first-order valence-electron chi connectivity index (χ1n) is 9.19. The maximum absolute atomic E-state index is 12.9. The van der Waals surface area contributed by atoms with Crippen LogP contribution >= 0.6 is 11.6 Å². The van der Waals surface area contributed by atoms with Gasteiger partial charge >= 0.3 is 12.1 Å². The van der Waals surface area contributed by atoms with E-state index in [-0.39, 0.29) is 21.8 Å². The van der Waals surface area contributed by atoms with Gasteiger partial charge in [-0.2, -0.15) is 13.2 Å². The van der Waals surface area contributed by atoms with Gasteiger partial charge in [0.15, 0.2) is 12.4 Å². The molecular formula is C23H15ClF3NO4. The Bertz CT molecular complexity index is 1160. The number of anilines is 1. The second-order valence-corrected chi connectivity index (χ2v) is 6.96. The van der Waals surface area contributed by atoms with Crippen molar-refractivity contribution in [2.24, 2.45) is 0 Å². The monoisotopic (exact) mass is 461 g/mol. The van der Waals surface area contributed by atoms with Gasteiger partial charge in [0.25, 0.3) is 5.91 Å². The van der Waals surface area contributed by atoms with Gasteiger partial charge < -0.3 is 10.1 Å². The molecule has 0 spiro atoms. The molecule has 9 heteroatoms. The van der Waals surface area contributed by atoms with Crippen molar-refractivity contribution in [3.8, 4) is 0 Å². The number of hydrogen-bond donors (Lipinski definition) is 1. The Kier molecular flexibility index (Phi) is 6.95. The molecule has 164 valence electrons. The molecule has 0 fully saturated rings. The number of esters is 1. The molecule has 32 heavy (non-hydrogen) atoms. The second-order valence-electron chi connectivity index (χ2n) is 6.56. The van der Waals surface area contributed by atoms with Crippen LogP contribution in [0.1, 0.15) is 31.8 Å². The third kappa shape index (κ3) is 5.53. The zero-order chi connectivity index (χ0) is 23.3. The van der Waals surface area contributed by atoms with E-state index in [0.717, 1.165) is 12.1 Å². The van der Waals surface area contributed by atoms with E-state index < -0.39 is 36.0 Å². The number of carbonyl (C=O) groups is 3. The molecule has 0 bridgehead atoms. The Balaban J connectivity index is 1.70. The molecule has 0 unspecified atom stereocenters. The lowest BCUT2D eigenvalue weighted by molar-refractivity contribution is -0.137. The quantitative estimate of drug-likeness (QED) is 0.395. The van der Waals surface area contributed by atoms with E-state index in [2.05, 4.69) is 5.32 Å². The summed E-state index contributed by atoms with van der Waals surface area (Å²) in [6.07, 6.45) is -4.62. The third-order valence-corrected chi connectivity index (χ3v) is 4.66. The number of alkyl halides is 3. The van der Waals surface area contributed by atoms with E-state index in [1.165, 1.54) is 18.2 Å². The van der Waals surface area contributed by atoms with Crippen LogP contribution in [-0.4, -0.2) is 24.3 Å². The van der Waals surface area contributed by atoms with Crippen LogP contribution in [0.2, 0.25) is 5.02 Å². The Hall–Kier alpha value is -3.65. The van der Waals surface area contributed by atoms with Crippen molar-refractivity contribution in [3.63, 3.8) is 0 Å². The largest absolute Gasteiger partial charge is 0.452 e. The van der Waals surface area contributed by atoms with E-state index in [0.29, 0.717) is 11.6 Å². The Morgan fingerprint density at radius 2 is 1.50 bits per heavy atom. The maximum Gasteiger partial charge on any atom is 0.416 e. The van der Waals surface area contributed by atoms with Gasteiger partial charge in [0, 0.05) is 11.1 Å². The molecule has 1 N–H and O–H groups in total. The summed E-state index contributed by atoms with van der Waals surface area (Å²) in [4.78, 5) is 37.3. The van der Waals surface area contributed by atoms with Crippen molar-refractivity contribution in [1.82, 2.24) is 0 Å². The lowest BCUT2D eigenvalue weighted by atomic mass is 9.98. The first-order chi connectivity index (χ1) is 15.2. The lowest BCUT2D eigenvalue weighted by Gasteiger charge is -2.12. The summed E-state index contributed by atoms with van der Waals surface area (Å²) < 4.78 is 43.5. The normalized spacial score (nSPS) is 11.0. The molecule has 0 aliphatic rings. The van der Waals surface area contributed by atoms with Crippen molar-refractivity contribution in [2.45, 2.75) is 6.18 Å². The highest BCUT2D eigenvalue weighted by atomic mass is 35.5. The lowest BCUT2D eigenvalue weighted by Crippen LogP contribution is -2.22. The van der Waals surface area contributed by atoms with Crippen molar-refractivity contribution in [3.05, 3.63) is 100 Å². The highest BCUT2D eigenvalue weighted by molar-refractivity contribution is 6.33. The number of ether oxygens (including phenoxy) is 1. The van der Waals surface area contributed by atoms with Gasteiger partial charge in [-0.1, -0.05) is 60.1 Å². The number of benzene rings is 3. The van der Waals surface area contributed by atoms with E-state index in [1.54, 1.807) is 36.4 Å². The number of carbonyl (C=O) groups excluding carboxylic acids is 3. The summed E-state index contributed by atoms with van der Waals surface area (Å²) in [5.41, 5.74) is -0.870. The van der Waals surface area contributed by atoms with E-state index in [1.807, 2.05) is 0 Å². The number of nitrogens with one attached hydrogen (secondary N) is 1. The van der Waals surface area contributed by atoms with Crippen LogP contribution in [0.5, 0.6) is 0 Å². The fourth-order valence-electron chi connectivity index (χ4n) is 2.80. The summed E-state index contributed by atoms with van der Waals surface area (Å²) in [7, 11) is 0. The molecule has 0 radical (unpaired) electrons. The number of hydrogen-bond acceptors (Lipinski definition) is 4. The van der Waals surface area contributed by atoms with Gasteiger partial charge in [-0.05, 0) is 24.3 Å². The van der Waals surface area contributed by atoms with Crippen molar-refractivity contribution in [2.75, 3.05) is 11.9 Å². The minimum Gasteiger partial charge on any atom is -0.452 e. The highest BCUT2D eigenvalue weighted by Crippen LogP contribution is 2.33. The summed E-state index contributed by atoms with van der Waals surface area (Å²) in [5.74, 6) is -2.24. The van der Waals surface area contributed by atoms with Crippen LogP contribution in [0, 0.1) is 0 Å². The van der Waals surface area contributed by atoms with Gasteiger partial charge in [-0.15, -0.1) is 0 Å². The molecule has 0 aliphatic heterocycles. The van der Waals surface area contributed by atoms with Crippen molar-refractivity contribution >= 4 is 34.9 Å². The Labute approximate surface area is 185 Å². The third-order valence-electron chi connectivity index (χ3n) is 4.33. The van der Waals surface area contributed by atoms with Gasteiger partial charge in [0.05, 0.1) is 21.8 Å². The fraction of sp³-hybridized carbons (Fsp3) is 0.0870. The second kappa shape index (κ2) is 9.65. The molecule has 5 nitrogen and oxygen atoms in total. The highest BCUT2D eigenvalue weighted by Gasteiger charge is 2.31. The molecule has 3 aromatic carbocycles.